The number of carbonyl (C=O) groups is 1. The average Bonchev–Trinajstić information content (AvgIpc) is 2.03. The lowest BCUT2D eigenvalue weighted by molar-refractivity contribution is -0.137. The minimum Gasteiger partial charge on any atom is -0.481 e. The van der Waals surface area contributed by atoms with Crippen LogP contribution in [0.1, 0.15) is 12.2 Å². The third-order valence-electron chi connectivity index (χ3n) is 1.24. The van der Waals surface area contributed by atoms with E-state index in [2.05, 4.69) is 25.9 Å². The second-order valence-corrected chi connectivity index (χ2v) is 3.13. The van der Waals surface area contributed by atoms with Gasteiger partial charge in [0.05, 0.1) is 10.9 Å². The molecule has 0 aromatic carbocycles. The van der Waals surface area contributed by atoms with Gasteiger partial charge < -0.3 is 5.11 Å². The fourth-order valence-electron chi connectivity index (χ4n) is 0.687. The molecule has 0 bridgehead atoms. The topological polar surface area (TPSA) is 63.1 Å². The van der Waals surface area contributed by atoms with Crippen LogP contribution in [0.2, 0.25) is 0 Å². The van der Waals surface area contributed by atoms with E-state index < -0.39 is 5.97 Å². The molecule has 0 spiro atoms. The van der Waals surface area contributed by atoms with Crippen molar-refractivity contribution in [3.63, 3.8) is 0 Å². The fraction of sp³-hybridized carbons (Fsp3) is 0.286. The molecule has 1 aromatic heterocycles. The van der Waals surface area contributed by atoms with E-state index in [1.165, 1.54) is 0 Å². The molecule has 0 unspecified atom stereocenters. The van der Waals surface area contributed by atoms with Gasteiger partial charge in [0.25, 0.3) is 0 Å². The summed E-state index contributed by atoms with van der Waals surface area (Å²) in [5.41, 5.74) is 0. The zero-order valence-corrected chi connectivity index (χ0v) is 7.78. The highest BCUT2D eigenvalue weighted by atomic mass is 79.9. The number of rotatable bonds is 3. The van der Waals surface area contributed by atoms with Crippen LogP contribution >= 0.6 is 15.9 Å². The SMILES string of the molecule is O=C(O)CCc1ncc(Br)cn1. The zero-order valence-electron chi connectivity index (χ0n) is 6.20. The Morgan fingerprint density at radius 3 is 2.58 bits per heavy atom. The monoisotopic (exact) mass is 230 g/mol. The van der Waals surface area contributed by atoms with Crippen LogP contribution in [0.25, 0.3) is 0 Å². The molecule has 0 atom stereocenters. The molecule has 1 N–H and O–H groups in total. The maximum atomic E-state index is 10.2. The van der Waals surface area contributed by atoms with E-state index in [-0.39, 0.29) is 6.42 Å². The Morgan fingerprint density at radius 1 is 1.50 bits per heavy atom. The molecule has 12 heavy (non-hydrogen) atoms. The molecule has 64 valence electrons. The highest BCUT2D eigenvalue weighted by molar-refractivity contribution is 9.10. The number of aliphatic carboxylic acids is 1. The van der Waals surface area contributed by atoms with Gasteiger partial charge in [0, 0.05) is 18.8 Å². The summed E-state index contributed by atoms with van der Waals surface area (Å²) < 4.78 is 0.793. The van der Waals surface area contributed by atoms with Gasteiger partial charge in [0.2, 0.25) is 0 Å². The number of nitrogens with zero attached hydrogens (tertiary/aromatic N) is 2. The predicted octanol–water partition coefficient (Wildman–Crippen LogP) is 1.26. The number of hydrogen-bond acceptors (Lipinski definition) is 3. The van der Waals surface area contributed by atoms with Gasteiger partial charge in [-0.05, 0) is 15.9 Å². The van der Waals surface area contributed by atoms with Crippen LogP contribution < -0.4 is 0 Å². The lowest BCUT2D eigenvalue weighted by Gasteiger charge is -1.95. The highest BCUT2D eigenvalue weighted by Crippen LogP contribution is 2.05. The van der Waals surface area contributed by atoms with Gasteiger partial charge in [-0.15, -0.1) is 0 Å². The van der Waals surface area contributed by atoms with Crippen LogP contribution in [0.4, 0.5) is 0 Å². The highest BCUT2D eigenvalue weighted by Gasteiger charge is 2.00. The summed E-state index contributed by atoms with van der Waals surface area (Å²) in [4.78, 5) is 18.0. The van der Waals surface area contributed by atoms with Crippen LogP contribution in [-0.2, 0) is 11.2 Å². The number of hydrogen-bond donors (Lipinski definition) is 1. The molecule has 0 fully saturated rings. The van der Waals surface area contributed by atoms with Crippen LogP contribution in [0.15, 0.2) is 16.9 Å². The Kier molecular flexibility index (Phi) is 3.16. The van der Waals surface area contributed by atoms with E-state index in [0.29, 0.717) is 12.2 Å². The van der Waals surface area contributed by atoms with E-state index in [4.69, 9.17) is 5.11 Å². The molecule has 0 aliphatic rings. The summed E-state index contributed by atoms with van der Waals surface area (Å²) in [5.74, 6) is -0.276. The Balaban J connectivity index is 2.53. The number of aryl methyl sites for hydroxylation is 1. The van der Waals surface area contributed by atoms with Crippen molar-refractivity contribution in [3.05, 3.63) is 22.7 Å². The van der Waals surface area contributed by atoms with Crippen molar-refractivity contribution in [1.29, 1.82) is 0 Å². The first-order valence-electron chi connectivity index (χ1n) is 3.36. The Labute approximate surface area is 77.8 Å². The minimum atomic E-state index is -0.832. The van der Waals surface area contributed by atoms with Gasteiger partial charge in [0.15, 0.2) is 0 Å². The van der Waals surface area contributed by atoms with Crippen LogP contribution in [0.5, 0.6) is 0 Å². The van der Waals surface area contributed by atoms with E-state index >= 15 is 0 Å². The zero-order chi connectivity index (χ0) is 8.97. The Bertz CT molecular complexity index is 273. The van der Waals surface area contributed by atoms with Crippen molar-refractivity contribution in [3.8, 4) is 0 Å². The van der Waals surface area contributed by atoms with Crippen molar-refractivity contribution in [2.24, 2.45) is 0 Å². The molecule has 5 heteroatoms. The molecule has 1 rings (SSSR count). The smallest absolute Gasteiger partial charge is 0.303 e. The second-order valence-electron chi connectivity index (χ2n) is 2.21. The van der Waals surface area contributed by atoms with Gasteiger partial charge in [-0.2, -0.15) is 0 Å². The van der Waals surface area contributed by atoms with Gasteiger partial charge in [-0.25, -0.2) is 9.97 Å². The molecule has 0 radical (unpaired) electrons. The van der Waals surface area contributed by atoms with E-state index in [9.17, 15) is 4.79 Å². The second kappa shape index (κ2) is 4.15. The van der Waals surface area contributed by atoms with Crippen LogP contribution in [0.3, 0.4) is 0 Å². The van der Waals surface area contributed by atoms with E-state index in [1.54, 1.807) is 12.4 Å². The molecule has 0 saturated heterocycles. The summed E-state index contributed by atoms with van der Waals surface area (Å²) in [6.07, 6.45) is 3.65. The van der Waals surface area contributed by atoms with Gasteiger partial charge >= 0.3 is 5.97 Å². The number of halogens is 1. The predicted molar refractivity (Wildman–Crippen MR) is 45.7 cm³/mol. The summed E-state index contributed by atoms with van der Waals surface area (Å²) in [6, 6.07) is 0. The van der Waals surface area contributed by atoms with Crippen molar-refractivity contribution in [2.45, 2.75) is 12.8 Å². The molecule has 1 heterocycles. The summed E-state index contributed by atoms with van der Waals surface area (Å²) >= 11 is 3.18. The van der Waals surface area contributed by atoms with E-state index in [1.807, 2.05) is 0 Å². The molecule has 0 aliphatic carbocycles. The maximum absolute atomic E-state index is 10.2. The third-order valence-corrected chi connectivity index (χ3v) is 1.65. The average molecular weight is 231 g/mol. The van der Waals surface area contributed by atoms with Gasteiger partial charge in [0.1, 0.15) is 5.82 Å². The minimum absolute atomic E-state index is 0.0711. The molecular weight excluding hydrogens is 224 g/mol. The van der Waals surface area contributed by atoms with Gasteiger partial charge in [-0.3, -0.25) is 4.79 Å². The lowest BCUT2D eigenvalue weighted by atomic mass is 10.3. The van der Waals surface area contributed by atoms with E-state index in [0.717, 1.165) is 4.47 Å². The van der Waals surface area contributed by atoms with Crippen LogP contribution in [0, 0.1) is 0 Å². The Morgan fingerprint density at radius 2 is 2.08 bits per heavy atom. The van der Waals surface area contributed by atoms with Crippen molar-refractivity contribution < 1.29 is 9.90 Å². The molecule has 1 aromatic rings. The Hall–Kier alpha value is -0.970. The van der Waals surface area contributed by atoms with Crippen LogP contribution in [-0.4, -0.2) is 21.0 Å². The molecular formula is C7H7BrN2O2. The molecule has 4 nitrogen and oxygen atoms in total. The summed E-state index contributed by atoms with van der Waals surface area (Å²) in [5, 5.41) is 8.36. The summed E-state index contributed by atoms with van der Waals surface area (Å²) in [6.45, 7) is 0. The van der Waals surface area contributed by atoms with Gasteiger partial charge in [-0.1, -0.05) is 0 Å². The van der Waals surface area contributed by atoms with Crippen molar-refractivity contribution >= 4 is 21.9 Å². The first-order chi connectivity index (χ1) is 5.68. The number of carboxylic acid groups (broad SMARTS) is 1. The van der Waals surface area contributed by atoms with Crippen molar-refractivity contribution in [2.75, 3.05) is 0 Å². The standard InChI is InChI=1S/C7H7BrN2O2/c8-5-3-9-6(10-4-5)1-2-7(11)12/h3-4H,1-2H2,(H,11,12). The molecule has 0 aliphatic heterocycles. The fourth-order valence-corrected chi connectivity index (χ4v) is 0.892. The normalized spacial score (nSPS) is 9.75. The first-order valence-corrected chi connectivity index (χ1v) is 4.16. The number of carboxylic acids is 1. The lowest BCUT2D eigenvalue weighted by Crippen LogP contribution is -2.00. The molecule has 0 saturated carbocycles. The third kappa shape index (κ3) is 2.96. The summed E-state index contributed by atoms with van der Waals surface area (Å²) in [7, 11) is 0. The quantitative estimate of drug-likeness (QED) is 0.850. The maximum Gasteiger partial charge on any atom is 0.303 e. The van der Waals surface area contributed by atoms with Crippen molar-refractivity contribution in [1.82, 2.24) is 9.97 Å². The number of aromatic nitrogens is 2. The largest absolute Gasteiger partial charge is 0.481 e. The first kappa shape index (κ1) is 9.12. The molecule has 0 amide bonds.